The number of amides is 2. The smallest absolute Gasteiger partial charge is 0.243 e. The first-order chi connectivity index (χ1) is 9.96. The summed E-state index contributed by atoms with van der Waals surface area (Å²) >= 11 is 14.4. The highest BCUT2D eigenvalue weighted by atomic mass is 79.9. The lowest BCUT2D eigenvalue weighted by molar-refractivity contribution is -0.119. The van der Waals surface area contributed by atoms with Gasteiger partial charge in [-0.3, -0.25) is 20.2 Å². The summed E-state index contributed by atoms with van der Waals surface area (Å²) in [7, 11) is 0. The van der Waals surface area contributed by atoms with Gasteiger partial charge < -0.3 is 0 Å². The van der Waals surface area contributed by atoms with Crippen LogP contribution in [0.3, 0.4) is 0 Å². The van der Waals surface area contributed by atoms with E-state index in [1.165, 1.54) is 6.19 Å². The van der Waals surface area contributed by atoms with E-state index in [2.05, 4.69) is 15.9 Å². The van der Waals surface area contributed by atoms with Crippen molar-refractivity contribution in [3.8, 4) is 12.4 Å². The van der Waals surface area contributed by atoms with Crippen molar-refractivity contribution in [2.45, 2.75) is 6.42 Å². The van der Waals surface area contributed by atoms with Gasteiger partial charge in [-0.2, -0.15) is 10.5 Å². The Bertz CT molecular complexity index is 596. The summed E-state index contributed by atoms with van der Waals surface area (Å²) in [6.45, 7) is 0. The standard InChI is InChI=1S/C9H6Cl2N2O.C3H3BrN2O/c10-7-3-1-2-6(9(7)11)4-8(14)13-5-12;4-1-3(7)6-2-5/h1-3H,4H2,(H,13,14);1H2,(H,6,7). The molecule has 2 amide bonds. The van der Waals surface area contributed by atoms with Crippen LogP contribution in [0.5, 0.6) is 0 Å². The fourth-order valence-corrected chi connectivity index (χ4v) is 1.59. The molecule has 21 heavy (non-hydrogen) atoms. The molecule has 9 heteroatoms. The Morgan fingerprint density at radius 1 is 1.14 bits per heavy atom. The van der Waals surface area contributed by atoms with Gasteiger partial charge in [0, 0.05) is 0 Å². The van der Waals surface area contributed by atoms with Crippen molar-refractivity contribution in [1.29, 1.82) is 10.5 Å². The van der Waals surface area contributed by atoms with Crippen LogP contribution in [0.1, 0.15) is 5.56 Å². The summed E-state index contributed by atoms with van der Waals surface area (Å²) in [5.41, 5.74) is 0.604. The largest absolute Gasteiger partial charge is 0.274 e. The molecular weight excluding hydrogens is 383 g/mol. The van der Waals surface area contributed by atoms with Crippen LogP contribution >= 0.6 is 39.1 Å². The maximum Gasteiger partial charge on any atom is 0.243 e. The van der Waals surface area contributed by atoms with Crippen LogP contribution in [0.2, 0.25) is 10.0 Å². The minimum absolute atomic E-state index is 0.0486. The number of nitrogens with zero attached hydrogens (tertiary/aromatic N) is 2. The number of hydrogen-bond donors (Lipinski definition) is 2. The summed E-state index contributed by atoms with van der Waals surface area (Å²) in [6, 6.07) is 5.02. The first kappa shape index (κ1) is 19.2. The molecule has 0 atom stereocenters. The van der Waals surface area contributed by atoms with E-state index >= 15 is 0 Å². The molecule has 6 nitrogen and oxygen atoms in total. The Kier molecular flexibility index (Phi) is 9.99. The summed E-state index contributed by atoms with van der Waals surface area (Å²) in [5, 5.41) is 20.8. The quantitative estimate of drug-likeness (QED) is 0.467. The van der Waals surface area contributed by atoms with Crippen molar-refractivity contribution < 1.29 is 9.59 Å². The topological polar surface area (TPSA) is 106 Å². The van der Waals surface area contributed by atoms with Crippen molar-refractivity contribution in [3.05, 3.63) is 33.8 Å². The zero-order valence-corrected chi connectivity index (χ0v) is 13.6. The third-order valence-electron chi connectivity index (χ3n) is 1.89. The molecule has 1 aromatic carbocycles. The van der Waals surface area contributed by atoms with Gasteiger partial charge in [0.25, 0.3) is 0 Å². The third kappa shape index (κ3) is 8.16. The number of hydrogen-bond acceptors (Lipinski definition) is 4. The van der Waals surface area contributed by atoms with E-state index in [1.807, 2.05) is 10.6 Å². The molecule has 2 N–H and O–H groups in total. The highest BCUT2D eigenvalue weighted by Crippen LogP contribution is 2.25. The van der Waals surface area contributed by atoms with E-state index < -0.39 is 5.91 Å². The predicted molar refractivity (Wildman–Crippen MR) is 81.5 cm³/mol. The molecule has 0 unspecified atom stereocenters. The van der Waals surface area contributed by atoms with Crippen LogP contribution in [0.4, 0.5) is 0 Å². The molecule has 0 aliphatic rings. The second-order valence-electron chi connectivity index (χ2n) is 3.34. The molecule has 110 valence electrons. The van der Waals surface area contributed by atoms with Gasteiger partial charge in [0.2, 0.25) is 11.8 Å². The number of carbonyl (C=O) groups is 2. The zero-order valence-electron chi connectivity index (χ0n) is 10.5. The van der Waals surface area contributed by atoms with E-state index in [0.29, 0.717) is 15.6 Å². The van der Waals surface area contributed by atoms with Gasteiger partial charge in [0.1, 0.15) is 0 Å². The molecule has 0 saturated carbocycles. The maximum absolute atomic E-state index is 11.0. The van der Waals surface area contributed by atoms with Crippen molar-refractivity contribution in [2.75, 3.05) is 5.33 Å². The van der Waals surface area contributed by atoms with E-state index in [1.54, 1.807) is 24.4 Å². The fraction of sp³-hybridized carbons (Fsp3) is 0.167. The molecular formula is C12H9BrCl2N4O2. The first-order valence-electron chi connectivity index (χ1n) is 5.31. The van der Waals surface area contributed by atoms with E-state index in [9.17, 15) is 9.59 Å². The molecule has 0 radical (unpaired) electrons. The molecule has 0 heterocycles. The Morgan fingerprint density at radius 3 is 2.19 bits per heavy atom. The van der Waals surface area contributed by atoms with Crippen molar-refractivity contribution >= 4 is 50.9 Å². The average Bonchev–Trinajstić information content (AvgIpc) is 2.45. The number of alkyl halides is 1. The summed E-state index contributed by atoms with van der Waals surface area (Å²) in [4.78, 5) is 21.1. The first-order valence-corrected chi connectivity index (χ1v) is 7.18. The lowest BCUT2D eigenvalue weighted by atomic mass is 10.1. The van der Waals surface area contributed by atoms with Gasteiger partial charge in [0.15, 0.2) is 12.4 Å². The third-order valence-corrected chi connectivity index (χ3v) is 3.26. The molecule has 0 bridgehead atoms. The minimum atomic E-state index is -0.406. The minimum Gasteiger partial charge on any atom is -0.274 e. The molecule has 1 aromatic rings. The number of rotatable bonds is 3. The van der Waals surface area contributed by atoms with Crippen LogP contribution in [0.25, 0.3) is 0 Å². The second-order valence-corrected chi connectivity index (χ2v) is 4.69. The Hall–Kier alpha value is -1.80. The van der Waals surface area contributed by atoms with Crippen LogP contribution < -0.4 is 10.6 Å². The molecule has 0 aliphatic carbocycles. The maximum atomic E-state index is 11.0. The average molecular weight is 392 g/mol. The highest BCUT2D eigenvalue weighted by Gasteiger charge is 2.08. The SMILES string of the molecule is N#CNC(=O)CBr.N#CNC(=O)Cc1cccc(Cl)c1Cl. The lowest BCUT2D eigenvalue weighted by Crippen LogP contribution is -2.19. The summed E-state index contributed by atoms with van der Waals surface area (Å²) in [6.07, 6.45) is 3.08. The van der Waals surface area contributed by atoms with Gasteiger partial charge in [-0.05, 0) is 11.6 Å². The molecule has 0 aliphatic heterocycles. The van der Waals surface area contributed by atoms with Gasteiger partial charge >= 0.3 is 0 Å². The number of nitriles is 2. The van der Waals surface area contributed by atoms with E-state index in [0.717, 1.165) is 0 Å². The Labute approximate surface area is 139 Å². The molecule has 0 saturated heterocycles. The van der Waals surface area contributed by atoms with Crippen LogP contribution in [0, 0.1) is 22.9 Å². The lowest BCUT2D eigenvalue weighted by Gasteiger charge is -2.03. The fourth-order valence-electron chi connectivity index (χ4n) is 1.06. The van der Waals surface area contributed by atoms with E-state index in [4.69, 9.17) is 33.7 Å². The molecule has 0 fully saturated rings. The van der Waals surface area contributed by atoms with Crippen LogP contribution in [-0.4, -0.2) is 17.1 Å². The number of halogens is 3. The summed E-state index contributed by atoms with van der Waals surface area (Å²) in [5.74, 6) is -0.723. The second kappa shape index (κ2) is 10.9. The highest BCUT2D eigenvalue weighted by molar-refractivity contribution is 9.09. The molecule has 0 aromatic heterocycles. The van der Waals surface area contributed by atoms with Crippen molar-refractivity contribution in [3.63, 3.8) is 0 Å². The van der Waals surface area contributed by atoms with Gasteiger partial charge in [0.05, 0.1) is 21.8 Å². The Morgan fingerprint density at radius 2 is 1.71 bits per heavy atom. The summed E-state index contributed by atoms with van der Waals surface area (Å²) < 4.78 is 0. The predicted octanol–water partition coefficient (Wildman–Crippen LogP) is 2.11. The van der Waals surface area contributed by atoms with Gasteiger partial charge in [-0.15, -0.1) is 0 Å². The van der Waals surface area contributed by atoms with Gasteiger partial charge in [-0.1, -0.05) is 51.3 Å². The van der Waals surface area contributed by atoms with E-state index in [-0.39, 0.29) is 17.7 Å². The number of benzene rings is 1. The molecule has 0 spiro atoms. The van der Waals surface area contributed by atoms with Crippen LogP contribution in [-0.2, 0) is 16.0 Å². The van der Waals surface area contributed by atoms with Crippen molar-refractivity contribution in [2.24, 2.45) is 0 Å². The zero-order chi connectivity index (χ0) is 16.3. The normalized spacial score (nSPS) is 8.43. The number of carbonyl (C=O) groups excluding carboxylic acids is 2. The molecule has 1 rings (SSSR count). The monoisotopic (exact) mass is 390 g/mol. The van der Waals surface area contributed by atoms with Crippen molar-refractivity contribution in [1.82, 2.24) is 10.6 Å². The van der Waals surface area contributed by atoms with Gasteiger partial charge in [-0.25, -0.2) is 0 Å². The Balaban J connectivity index is 0.000000486. The number of nitrogens with one attached hydrogen (secondary N) is 2. The van der Waals surface area contributed by atoms with Crippen LogP contribution in [0.15, 0.2) is 18.2 Å².